The van der Waals surface area contributed by atoms with Crippen LogP contribution in [0, 0.1) is 11.3 Å². The quantitative estimate of drug-likeness (QED) is 0.499. The van der Waals surface area contributed by atoms with Gasteiger partial charge in [0.15, 0.2) is 0 Å². The molecular weight excluding hydrogens is 340 g/mol. The van der Waals surface area contributed by atoms with Crippen molar-refractivity contribution < 1.29 is 14.3 Å². The second-order valence-electron chi connectivity index (χ2n) is 4.98. The molecule has 0 spiro atoms. The Balaban J connectivity index is 2.18. The van der Waals surface area contributed by atoms with Crippen LogP contribution >= 0.6 is 11.6 Å². The van der Waals surface area contributed by atoms with Crippen molar-refractivity contribution in [3.05, 3.63) is 70.3 Å². The monoisotopic (exact) mass is 354 g/mol. The molecule has 2 aromatic rings. The molecule has 0 aliphatic carbocycles. The average Bonchev–Trinajstić information content (AvgIpc) is 2.60. The highest BCUT2D eigenvalue weighted by Gasteiger charge is 2.10. The van der Waals surface area contributed by atoms with Crippen LogP contribution in [-0.4, -0.2) is 18.5 Å². The molecule has 0 heterocycles. The van der Waals surface area contributed by atoms with E-state index in [2.05, 4.69) is 5.32 Å². The summed E-state index contributed by atoms with van der Waals surface area (Å²) in [5, 5.41) is 12.4. The van der Waals surface area contributed by atoms with E-state index in [-0.39, 0.29) is 18.1 Å². The van der Waals surface area contributed by atoms with Crippen LogP contribution in [0.25, 0.3) is 6.08 Å². The second-order valence-corrected chi connectivity index (χ2v) is 5.41. The molecule has 0 unspecified atom stereocenters. The molecule has 0 aliphatic heterocycles. The summed E-state index contributed by atoms with van der Waals surface area (Å²) >= 11 is 5.81. The Labute approximate surface area is 150 Å². The molecule has 126 valence electrons. The van der Waals surface area contributed by atoms with Gasteiger partial charge in [-0.05, 0) is 55.0 Å². The van der Waals surface area contributed by atoms with Crippen molar-refractivity contribution in [2.45, 2.75) is 6.92 Å². The van der Waals surface area contributed by atoms with Gasteiger partial charge in [0.2, 0.25) is 0 Å². The third kappa shape index (κ3) is 5.20. The molecule has 2 rings (SSSR count). The van der Waals surface area contributed by atoms with Gasteiger partial charge in [0.1, 0.15) is 11.6 Å². The summed E-state index contributed by atoms with van der Waals surface area (Å²) in [5.41, 5.74) is 1.49. The minimum absolute atomic E-state index is 0.108. The SMILES string of the molecule is CCOC(=O)/C(C#N)=C/c1cccc(NC(=O)c2ccc(Cl)cc2)c1. The number of nitrogens with one attached hydrogen (secondary N) is 1. The highest BCUT2D eigenvalue weighted by Crippen LogP contribution is 2.16. The number of carbonyl (C=O) groups excluding carboxylic acids is 2. The normalized spacial score (nSPS) is 10.7. The minimum Gasteiger partial charge on any atom is -0.462 e. The highest BCUT2D eigenvalue weighted by molar-refractivity contribution is 6.30. The molecule has 5 nitrogen and oxygen atoms in total. The number of benzene rings is 2. The molecule has 0 bridgehead atoms. The Bertz CT molecular complexity index is 852. The number of halogens is 1. The Hall–Kier alpha value is -3.10. The fourth-order valence-electron chi connectivity index (χ4n) is 2.02. The van der Waals surface area contributed by atoms with Crippen LogP contribution in [0.3, 0.4) is 0 Å². The van der Waals surface area contributed by atoms with Crippen molar-refractivity contribution in [2.24, 2.45) is 0 Å². The summed E-state index contributed by atoms with van der Waals surface area (Å²) < 4.78 is 4.82. The van der Waals surface area contributed by atoms with Gasteiger partial charge < -0.3 is 10.1 Å². The number of ether oxygens (including phenoxy) is 1. The maximum atomic E-state index is 12.2. The first-order chi connectivity index (χ1) is 12.0. The summed E-state index contributed by atoms with van der Waals surface area (Å²) in [6.45, 7) is 1.86. The standard InChI is InChI=1S/C19H15ClN2O3/c1-2-25-19(24)15(12-21)10-13-4-3-5-17(11-13)22-18(23)14-6-8-16(20)9-7-14/h3-11H,2H2,1H3,(H,22,23)/b15-10+. The van der Waals surface area contributed by atoms with E-state index in [0.717, 1.165) is 0 Å². The molecule has 1 N–H and O–H groups in total. The van der Waals surface area contributed by atoms with Gasteiger partial charge in [-0.1, -0.05) is 23.7 Å². The zero-order chi connectivity index (χ0) is 18.2. The number of hydrogen-bond acceptors (Lipinski definition) is 4. The van der Waals surface area contributed by atoms with E-state index in [9.17, 15) is 9.59 Å². The Kier molecular flexibility index (Phi) is 6.33. The number of nitriles is 1. The van der Waals surface area contributed by atoms with E-state index in [1.807, 2.05) is 6.07 Å². The second kappa shape index (κ2) is 8.67. The number of anilines is 1. The van der Waals surface area contributed by atoms with E-state index < -0.39 is 5.97 Å². The number of esters is 1. The molecule has 0 aliphatic rings. The lowest BCUT2D eigenvalue weighted by atomic mass is 10.1. The molecule has 2 aromatic carbocycles. The lowest BCUT2D eigenvalue weighted by Gasteiger charge is -2.06. The lowest BCUT2D eigenvalue weighted by Crippen LogP contribution is -2.11. The first-order valence-electron chi connectivity index (χ1n) is 7.49. The van der Waals surface area contributed by atoms with Crippen LogP contribution in [0.1, 0.15) is 22.8 Å². The van der Waals surface area contributed by atoms with Crippen molar-refractivity contribution in [1.29, 1.82) is 5.26 Å². The van der Waals surface area contributed by atoms with Gasteiger partial charge in [0.25, 0.3) is 5.91 Å². The van der Waals surface area contributed by atoms with Crippen LogP contribution in [0.5, 0.6) is 0 Å². The first-order valence-corrected chi connectivity index (χ1v) is 7.87. The molecule has 1 amide bonds. The summed E-state index contributed by atoms with van der Waals surface area (Å²) in [5.74, 6) is -0.968. The summed E-state index contributed by atoms with van der Waals surface area (Å²) in [6.07, 6.45) is 1.41. The largest absolute Gasteiger partial charge is 0.462 e. The van der Waals surface area contributed by atoms with E-state index in [4.69, 9.17) is 21.6 Å². The number of amides is 1. The fraction of sp³-hybridized carbons (Fsp3) is 0.105. The lowest BCUT2D eigenvalue weighted by molar-refractivity contribution is -0.137. The number of hydrogen-bond donors (Lipinski definition) is 1. The number of carbonyl (C=O) groups is 2. The Morgan fingerprint density at radius 1 is 1.24 bits per heavy atom. The number of rotatable bonds is 5. The molecule has 0 radical (unpaired) electrons. The van der Waals surface area contributed by atoms with Crippen molar-refractivity contribution in [1.82, 2.24) is 0 Å². The first kappa shape index (κ1) is 18.2. The molecule has 0 aromatic heterocycles. The van der Waals surface area contributed by atoms with Crippen molar-refractivity contribution in [3.8, 4) is 6.07 Å². The van der Waals surface area contributed by atoms with Gasteiger partial charge in [0.05, 0.1) is 6.61 Å². The average molecular weight is 355 g/mol. The molecule has 0 atom stereocenters. The summed E-state index contributed by atoms with van der Waals surface area (Å²) in [4.78, 5) is 23.9. The van der Waals surface area contributed by atoms with Crippen LogP contribution in [0.2, 0.25) is 5.02 Å². The van der Waals surface area contributed by atoms with E-state index in [0.29, 0.717) is 21.8 Å². The summed E-state index contributed by atoms with van der Waals surface area (Å²) in [6, 6.07) is 15.1. The fourth-order valence-corrected chi connectivity index (χ4v) is 2.15. The molecule has 0 saturated carbocycles. The van der Waals surface area contributed by atoms with Crippen molar-refractivity contribution in [2.75, 3.05) is 11.9 Å². The van der Waals surface area contributed by atoms with Crippen LogP contribution in [0.15, 0.2) is 54.1 Å². The summed E-state index contributed by atoms with van der Waals surface area (Å²) in [7, 11) is 0. The maximum absolute atomic E-state index is 12.2. The van der Waals surface area contributed by atoms with Crippen LogP contribution in [-0.2, 0) is 9.53 Å². The van der Waals surface area contributed by atoms with Crippen molar-refractivity contribution in [3.63, 3.8) is 0 Å². The van der Waals surface area contributed by atoms with E-state index in [1.54, 1.807) is 55.5 Å². The number of nitrogens with zero attached hydrogens (tertiary/aromatic N) is 1. The Morgan fingerprint density at radius 2 is 1.96 bits per heavy atom. The predicted molar refractivity (Wildman–Crippen MR) is 96.1 cm³/mol. The van der Waals surface area contributed by atoms with Crippen LogP contribution < -0.4 is 5.32 Å². The van der Waals surface area contributed by atoms with Crippen molar-refractivity contribution >= 4 is 35.2 Å². The smallest absolute Gasteiger partial charge is 0.348 e. The third-order valence-corrected chi connectivity index (χ3v) is 3.43. The van der Waals surface area contributed by atoms with Crippen LogP contribution in [0.4, 0.5) is 5.69 Å². The van der Waals surface area contributed by atoms with Gasteiger partial charge in [-0.25, -0.2) is 4.79 Å². The highest BCUT2D eigenvalue weighted by atomic mass is 35.5. The Morgan fingerprint density at radius 3 is 2.60 bits per heavy atom. The van der Waals surface area contributed by atoms with E-state index in [1.165, 1.54) is 6.08 Å². The minimum atomic E-state index is -0.680. The maximum Gasteiger partial charge on any atom is 0.348 e. The predicted octanol–water partition coefficient (Wildman–Crippen LogP) is 4.06. The van der Waals surface area contributed by atoms with Gasteiger partial charge in [-0.15, -0.1) is 0 Å². The van der Waals surface area contributed by atoms with Gasteiger partial charge >= 0.3 is 5.97 Å². The van der Waals surface area contributed by atoms with E-state index >= 15 is 0 Å². The molecule has 6 heteroatoms. The molecule has 25 heavy (non-hydrogen) atoms. The third-order valence-electron chi connectivity index (χ3n) is 3.18. The molecule has 0 saturated heterocycles. The molecule has 0 fully saturated rings. The zero-order valence-corrected chi connectivity index (χ0v) is 14.2. The van der Waals surface area contributed by atoms with Gasteiger partial charge in [0, 0.05) is 16.3 Å². The molecular formula is C19H15ClN2O3. The van der Waals surface area contributed by atoms with Gasteiger partial charge in [-0.3, -0.25) is 4.79 Å². The van der Waals surface area contributed by atoms with Gasteiger partial charge in [-0.2, -0.15) is 5.26 Å². The topological polar surface area (TPSA) is 79.2 Å². The zero-order valence-electron chi connectivity index (χ0n) is 13.5.